The molecule has 1 heterocycles. The van der Waals surface area contributed by atoms with Crippen molar-refractivity contribution in [2.75, 3.05) is 12.4 Å². The van der Waals surface area contributed by atoms with Gasteiger partial charge in [-0.2, -0.15) is 0 Å². The Balaban J connectivity index is 1.48. The first kappa shape index (κ1) is 21.8. The number of nitrogens with zero attached hydrogens (tertiary/aromatic N) is 3. The SMILES string of the molecule is CN(Cc1ccccc1NC(=O)Cn1c(=O)oc2cc([N+](=O)[O-])ccc21)C1CCCCC1. The first-order valence-electron chi connectivity index (χ1n) is 10.8. The number of hydrogen-bond donors (Lipinski definition) is 1. The zero-order valence-electron chi connectivity index (χ0n) is 18.0. The topological polar surface area (TPSA) is 111 Å². The average molecular weight is 438 g/mol. The molecule has 1 amide bonds. The average Bonchev–Trinajstić information content (AvgIpc) is 3.09. The number of nitrogens with one attached hydrogen (secondary N) is 1. The van der Waals surface area contributed by atoms with Crippen LogP contribution in [0.3, 0.4) is 0 Å². The molecule has 1 N–H and O–H groups in total. The summed E-state index contributed by atoms with van der Waals surface area (Å²) in [6.07, 6.45) is 6.19. The molecule has 1 aromatic heterocycles. The van der Waals surface area contributed by atoms with E-state index in [1.807, 2.05) is 24.3 Å². The number of rotatable bonds is 7. The molecule has 1 saturated carbocycles. The van der Waals surface area contributed by atoms with Gasteiger partial charge in [-0.1, -0.05) is 37.5 Å². The molecule has 0 aliphatic heterocycles. The van der Waals surface area contributed by atoms with Gasteiger partial charge in [0.15, 0.2) is 5.58 Å². The molecule has 2 aromatic carbocycles. The molecule has 0 atom stereocenters. The highest BCUT2D eigenvalue weighted by atomic mass is 16.6. The third-order valence-electron chi connectivity index (χ3n) is 6.07. The van der Waals surface area contributed by atoms with E-state index >= 15 is 0 Å². The van der Waals surface area contributed by atoms with Gasteiger partial charge in [-0.25, -0.2) is 4.79 Å². The maximum absolute atomic E-state index is 12.8. The van der Waals surface area contributed by atoms with E-state index in [-0.39, 0.29) is 23.7 Å². The Kier molecular flexibility index (Phi) is 6.36. The number of fused-ring (bicyclic) bond motifs is 1. The van der Waals surface area contributed by atoms with Gasteiger partial charge in [-0.15, -0.1) is 0 Å². The second-order valence-corrected chi connectivity index (χ2v) is 8.28. The minimum absolute atomic E-state index is 0.0755. The van der Waals surface area contributed by atoms with Gasteiger partial charge in [0.05, 0.1) is 16.5 Å². The number of para-hydroxylation sites is 1. The standard InChI is InChI=1S/C23H26N4O5/c1-25(17-8-3-2-4-9-17)14-16-7-5-6-10-19(16)24-22(28)15-26-20-12-11-18(27(30)31)13-21(20)32-23(26)29/h5-7,10-13,17H,2-4,8-9,14-15H2,1H3,(H,24,28). The van der Waals surface area contributed by atoms with E-state index in [1.54, 1.807) is 0 Å². The first-order valence-corrected chi connectivity index (χ1v) is 10.8. The molecular weight excluding hydrogens is 412 g/mol. The molecule has 0 bridgehead atoms. The lowest BCUT2D eigenvalue weighted by Crippen LogP contribution is -2.33. The Bertz CT molecular complexity index is 1190. The number of benzene rings is 2. The van der Waals surface area contributed by atoms with Crippen LogP contribution in [0, 0.1) is 10.1 Å². The first-order chi connectivity index (χ1) is 15.4. The fraction of sp³-hybridized carbons (Fsp3) is 0.391. The highest BCUT2D eigenvalue weighted by Crippen LogP contribution is 2.25. The highest BCUT2D eigenvalue weighted by molar-refractivity contribution is 5.92. The molecule has 0 spiro atoms. The van der Waals surface area contributed by atoms with Crippen molar-refractivity contribution in [1.29, 1.82) is 0 Å². The molecule has 1 fully saturated rings. The van der Waals surface area contributed by atoms with E-state index in [9.17, 15) is 19.7 Å². The van der Waals surface area contributed by atoms with Gasteiger partial charge < -0.3 is 9.73 Å². The van der Waals surface area contributed by atoms with Gasteiger partial charge in [0, 0.05) is 24.3 Å². The summed E-state index contributed by atoms with van der Waals surface area (Å²) in [4.78, 5) is 37.7. The highest BCUT2D eigenvalue weighted by Gasteiger charge is 2.20. The molecule has 0 radical (unpaired) electrons. The van der Waals surface area contributed by atoms with Crippen molar-refractivity contribution >= 4 is 28.4 Å². The molecule has 3 aromatic rings. The number of anilines is 1. The minimum Gasteiger partial charge on any atom is -0.407 e. The molecule has 1 aliphatic rings. The van der Waals surface area contributed by atoms with E-state index in [0.717, 1.165) is 12.1 Å². The fourth-order valence-electron chi connectivity index (χ4n) is 4.35. The number of hydrogen-bond acceptors (Lipinski definition) is 6. The normalized spacial score (nSPS) is 14.7. The lowest BCUT2D eigenvalue weighted by Gasteiger charge is -2.31. The van der Waals surface area contributed by atoms with Gasteiger partial charge in [0.2, 0.25) is 5.91 Å². The van der Waals surface area contributed by atoms with Crippen LogP contribution in [0.25, 0.3) is 11.1 Å². The zero-order chi connectivity index (χ0) is 22.7. The molecular formula is C23H26N4O5. The Morgan fingerprint density at radius 2 is 1.97 bits per heavy atom. The van der Waals surface area contributed by atoms with Gasteiger partial charge in [-0.3, -0.25) is 24.4 Å². The number of nitro benzene ring substituents is 1. The summed E-state index contributed by atoms with van der Waals surface area (Å²) in [5.41, 5.74) is 1.94. The van der Waals surface area contributed by atoms with Crippen molar-refractivity contribution in [2.24, 2.45) is 0 Å². The van der Waals surface area contributed by atoms with E-state index < -0.39 is 10.7 Å². The molecule has 9 nitrogen and oxygen atoms in total. The molecule has 9 heteroatoms. The van der Waals surface area contributed by atoms with Crippen LogP contribution in [0.15, 0.2) is 51.7 Å². The van der Waals surface area contributed by atoms with Gasteiger partial charge in [-0.05, 0) is 37.6 Å². The number of nitro groups is 1. The van der Waals surface area contributed by atoms with Crippen molar-refractivity contribution in [2.45, 2.75) is 51.2 Å². The van der Waals surface area contributed by atoms with Crippen LogP contribution in [0.4, 0.5) is 11.4 Å². The number of carbonyl (C=O) groups is 1. The molecule has 0 saturated heterocycles. The Morgan fingerprint density at radius 3 is 2.72 bits per heavy atom. The van der Waals surface area contributed by atoms with E-state index in [1.165, 1.54) is 54.9 Å². The number of carbonyl (C=O) groups excluding carboxylic acids is 1. The summed E-state index contributed by atoms with van der Waals surface area (Å²) in [5, 5.41) is 13.8. The molecule has 0 unspecified atom stereocenters. The number of amides is 1. The lowest BCUT2D eigenvalue weighted by molar-refractivity contribution is -0.384. The van der Waals surface area contributed by atoms with E-state index in [0.29, 0.717) is 17.2 Å². The monoisotopic (exact) mass is 438 g/mol. The summed E-state index contributed by atoms with van der Waals surface area (Å²) >= 11 is 0. The van der Waals surface area contributed by atoms with Crippen molar-refractivity contribution in [3.05, 3.63) is 68.7 Å². The maximum Gasteiger partial charge on any atom is 0.420 e. The summed E-state index contributed by atoms with van der Waals surface area (Å²) in [7, 11) is 2.12. The molecule has 1 aliphatic carbocycles. The predicted octanol–water partition coefficient (Wildman–Crippen LogP) is 3.91. The van der Waals surface area contributed by atoms with E-state index in [2.05, 4.69) is 17.3 Å². The molecule has 168 valence electrons. The quantitative estimate of drug-likeness (QED) is 0.442. The second-order valence-electron chi connectivity index (χ2n) is 8.28. The van der Waals surface area contributed by atoms with Crippen LogP contribution in [-0.4, -0.2) is 33.4 Å². The zero-order valence-corrected chi connectivity index (χ0v) is 18.0. The maximum atomic E-state index is 12.8. The van der Waals surface area contributed by atoms with Crippen LogP contribution >= 0.6 is 0 Å². The van der Waals surface area contributed by atoms with Crippen LogP contribution in [0.2, 0.25) is 0 Å². The largest absolute Gasteiger partial charge is 0.420 e. The summed E-state index contributed by atoms with van der Waals surface area (Å²) < 4.78 is 6.27. The Hall–Kier alpha value is -3.46. The smallest absolute Gasteiger partial charge is 0.407 e. The molecule has 4 rings (SSSR count). The number of non-ortho nitro benzene ring substituents is 1. The van der Waals surface area contributed by atoms with Crippen LogP contribution in [0.1, 0.15) is 37.7 Å². The van der Waals surface area contributed by atoms with Gasteiger partial charge in [0.25, 0.3) is 5.69 Å². The second kappa shape index (κ2) is 9.35. The van der Waals surface area contributed by atoms with Gasteiger partial charge in [0.1, 0.15) is 6.54 Å². The van der Waals surface area contributed by atoms with Crippen LogP contribution in [0.5, 0.6) is 0 Å². The third kappa shape index (κ3) is 4.72. The lowest BCUT2D eigenvalue weighted by atomic mass is 9.94. The minimum atomic E-state index is -0.735. The van der Waals surface area contributed by atoms with Crippen LogP contribution in [-0.2, 0) is 17.9 Å². The van der Waals surface area contributed by atoms with Gasteiger partial charge >= 0.3 is 5.76 Å². The molecule has 32 heavy (non-hydrogen) atoms. The van der Waals surface area contributed by atoms with Crippen molar-refractivity contribution in [3.63, 3.8) is 0 Å². The number of oxazole rings is 1. The van der Waals surface area contributed by atoms with Crippen molar-refractivity contribution in [1.82, 2.24) is 9.47 Å². The van der Waals surface area contributed by atoms with Crippen LogP contribution < -0.4 is 11.1 Å². The summed E-state index contributed by atoms with van der Waals surface area (Å²) in [6.45, 7) is 0.468. The Labute approximate surface area is 184 Å². The number of aromatic nitrogens is 1. The summed E-state index contributed by atoms with van der Waals surface area (Å²) in [6, 6.07) is 12.1. The van der Waals surface area contributed by atoms with Crippen molar-refractivity contribution in [3.8, 4) is 0 Å². The predicted molar refractivity (Wildman–Crippen MR) is 121 cm³/mol. The van der Waals surface area contributed by atoms with E-state index in [4.69, 9.17) is 4.42 Å². The summed E-state index contributed by atoms with van der Waals surface area (Å²) in [5.74, 6) is -1.11. The third-order valence-corrected chi connectivity index (χ3v) is 6.07. The van der Waals surface area contributed by atoms with Crippen molar-refractivity contribution < 1.29 is 14.1 Å². The fourth-order valence-corrected chi connectivity index (χ4v) is 4.35. The Morgan fingerprint density at radius 1 is 1.22 bits per heavy atom.